The van der Waals surface area contributed by atoms with E-state index in [1.54, 1.807) is 6.07 Å². The number of H-pyrrole nitrogens is 1. The molecule has 0 bridgehead atoms. The van der Waals surface area contributed by atoms with Gasteiger partial charge in [-0.3, -0.25) is 9.89 Å². The number of amides is 1. The van der Waals surface area contributed by atoms with Crippen LogP contribution in [0.2, 0.25) is 0 Å². The Morgan fingerprint density at radius 1 is 1.42 bits per heavy atom. The van der Waals surface area contributed by atoms with Crippen LogP contribution in [-0.2, 0) is 6.54 Å². The molecule has 0 saturated carbocycles. The number of nitrogens with one attached hydrogen (secondary N) is 2. The number of carbonyl (C=O) groups excluding carboxylic acids is 1. The molecule has 0 fully saturated rings. The quantitative estimate of drug-likeness (QED) is 0.857. The van der Waals surface area contributed by atoms with Gasteiger partial charge in [0.25, 0.3) is 5.91 Å². The standard InChI is InChI=1S/C11H10F2N4O2/c12-11(13)19-8-4-2-1-3-7(8)10(18)14-5-9-15-6-16-17-9/h1-4,6,11H,5H2,(H,14,18)(H,15,16,17). The summed E-state index contributed by atoms with van der Waals surface area (Å²) in [6.45, 7) is -2.87. The molecular weight excluding hydrogens is 258 g/mol. The highest BCUT2D eigenvalue weighted by Crippen LogP contribution is 2.20. The molecule has 100 valence electrons. The molecule has 1 heterocycles. The molecule has 0 aliphatic carbocycles. The van der Waals surface area contributed by atoms with Crippen molar-refractivity contribution in [2.24, 2.45) is 0 Å². The third-order valence-corrected chi connectivity index (χ3v) is 2.23. The average Bonchev–Trinajstić information content (AvgIpc) is 2.89. The van der Waals surface area contributed by atoms with Gasteiger partial charge < -0.3 is 10.1 Å². The Bertz CT molecular complexity index is 545. The molecule has 2 N–H and O–H groups in total. The van der Waals surface area contributed by atoms with Crippen molar-refractivity contribution in [1.82, 2.24) is 20.5 Å². The molecule has 1 amide bonds. The zero-order valence-electron chi connectivity index (χ0n) is 9.64. The lowest BCUT2D eigenvalue weighted by Crippen LogP contribution is -2.24. The lowest BCUT2D eigenvalue weighted by molar-refractivity contribution is -0.0501. The molecule has 2 rings (SSSR count). The molecule has 0 saturated heterocycles. The van der Waals surface area contributed by atoms with Crippen LogP contribution in [0, 0.1) is 0 Å². The van der Waals surface area contributed by atoms with Crippen LogP contribution in [0.5, 0.6) is 5.75 Å². The number of nitrogens with zero attached hydrogens (tertiary/aromatic N) is 2. The van der Waals surface area contributed by atoms with Crippen LogP contribution in [0.25, 0.3) is 0 Å². The minimum absolute atomic E-state index is 0.0299. The fourth-order valence-electron chi connectivity index (χ4n) is 1.43. The van der Waals surface area contributed by atoms with E-state index in [9.17, 15) is 13.6 Å². The molecule has 6 nitrogen and oxygen atoms in total. The molecule has 2 aromatic rings. The predicted molar refractivity (Wildman–Crippen MR) is 60.6 cm³/mol. The van der Waals surface area contributed by atoms with Crippen LogP contribution >= 0.6 is 0 Å². The lowest BCUT2D eigenvalue weighted by Gasteiger charge is -2.10. The summed E-state index contributed by atoms with van der Waals surface area (Å²) in [6.07, 6.45) is 1.30. The number of benzene rings is 1. The van der Waals surface area contributed by atoms with E-state index in [4.69, 9.17) is 0 Å². The number of hydrogen-bond acceptors (Lipinski definition) is 4. The molecule has 0 unspecified atom stereocenters. The molecule has 1 aromatic carbocycles. The summed E-state index contributed by atoms with van der Waals surface area (Å²) in [6, 6.07) is 5.76. The molecule has 19 heavy (non-hydrogen) atoms. The largest absolute Gasteiger partial charge is 0.434 e. The van der Waals surface area contributed by atoms with Gasteiger partial charge in [0.05, 0.1) is 12.1 Å². The highest BCUT2D eigenvalue weighted by molar-refractivity contribution is 5.96. The summed E-state index contributed by atoms with van der Waals surface area (Å²) < 4.78 is 28.7. The number of alkyl halides is 2. The van der Waals surface area contributed by atoms with E-state index in [0.29, 0.717) is 5.82 Å². The zero-order chi connectivity index (χ0) is 13.7. The maximum atomic E-state index is 12.2. The van der Waals surface area contributed by atoms with Crippen molar-refractivity contribution in [3.63, 3.8) is 0 Å². The van der Waals surface area contributed by atoms with Crippen molar-refractivity contribution in [1.29, 1.82) is 0 Å². The van der Waals surface area contributed by atoms with Gasteiger partial charge in [-0.25, -0.2) is 4.98 Å². The Labute approximate surface area is 106 Å². The molecule has 0 radical (unpaired) electrons. The molecule has 0 aliphatic rings. The topological polar surface area (TPSA) is 79.9 Å². The third-order valence-electron chi connectivity index (χ3n) is 2.23. The normalized spacial score (nSPS) is 10.5. The Kier molecular flexibility index (Phi) is 4.01. The summed E-state index contributed by atoms with van der Waals surface area (Å²) in [5, 5.41) is 8.70. The molecule has 0 aliphatic heterocycles. The second-order valence-corrected chi connectivity index (χ2v) is 3.49. The van der Waals surface area contributed by atoms with E-state index >= 15 is 0 Å². The van der Waals surface area contributed by atoms with E-state index in [1.807, 2.05) is 0 Å². The minimum atomic E-state index is -2.98. The van der Waals surface area contributed by atoms with Crippen LogP contribution in [-0.4, -0.2) is 27.7 Å². The van der Waals surface area contributed by atoms with Crippen molar-refractivity contribution in [3.8, 4) is 5.75 Å². The van der Waals surface area contributed by atoms with Crippen LogP contribution in [0.3, 0.4) is 0 Å². The number of halogens is 2. The van der Waals surface area contributed by atoms with Crippen LogP contribution in [0.1, 0.15) is 16.2 Å². The molecular formula is C11H10F2N4O2. The number of rotatable bonds is 5. The van der Waals surface area contributed by atoms with Gasteiger partial charge in [-0.05, 0) is 12.1 Å². The SMILES string of the molecule is O=C(NCc1ncn[nH]1)c1ccccc1OC(F)F. The van der Waals surface area contributed by atoms with Gasteiger partial charge in [0.1, 0.15) is 17.9 Å². The van der Waals surface area contributed by atoms with E-state index < -0.39 is 12.5 Å². The summed E-state index contributed by atoms with van der Waals surface area (Å²) >= 11 is 0. The van der Waals surface area contributed by atoms with E-state index in [2.05, 4.69) is 25.2 Å². The molecule has 1 aromatic heterocycles. The van der Waals surface area contributed by atoms with Crippen molar-refractivity contribution in [2.45, 2.75) is 13.2 Å². The molecule has 0 spiro atoms. The predicted octanol–water partition coefficient (Wildman–Crippen LogP) is 1.34. The number of carbonyl (C=O) groups is 1. The van der Waals surface area contributed by atoms with E-state index in [1.165, 1.54) is 24.5 Å². The fraction of sp³-hybridized carbons (Fsp3) is 0.182. The Hall–Kier alpha value is -2.51. The van der Waals surface area contributed by atoms with Crippen LogP contribution in [0.15, 0.2) is 30.6 Å². The first-order valence-electron chi connectivity index (χ1n) is 5.33. The van der Waals surface area contributed by atoms with Gasteiger partial charge in [0.15, 0.2) is 0 Å². The second kappa shape index (κ2) is 5.89. The Morgan fingerprint density at radius 2 is 2.21 bits per heavy atom. The number of hydrogen-bond donors (Lipinski definition) is 2. The summed E-state index contributed by atoms with van der Waals surface area (Å²) in [5.74, 6) is -0.249. The smallest absolute Gasteiger partial charge is 0.387 e. The van der Waals surface area contributed by atoms with E-state index in [0.717, 1.165) is 0 Å². The highest BCUT2D eigenvalue weighted by Gasteiger charge is 2.15. The van der Waals surface area contributed by atoms with Gasteiger partial charge in [0, 0.05) is 0 Å². The van der Waals surface area contributed by atoms with Gasteiger partial charge in [-0.1, -0.05) is 12.1 Å². The van der Waals surface area contributed by atoms with Gasteiger partial charge in [-0.15, -0.1) is 0 Å². The van der Waals surface area contributed by atoms with Crippen molar-refractivity contribution >= 4 is 5.91 Å². The number of aromatic nitrogens is 3. The highest BCUT2D eigenvalue weighted by atomic mass is 19.3. The van der Waals surface area contributed by atoms with Gasteiger partial charge in [-0.2, -0.15) is 13.9 Å². The summed E-state index contributed by atoms with van der Waals surface area (Å²) in [7, 11) is 0. The molecule has 8 heteroatoms. The Balaban J connectivity index is 2.06. The van der Waals surface area contributed by atoms with Crippen LogP contribution < -0.4 is 10.1 Å². The zero-order valence-corrected chi connectivity index (χ0v) is 9.64. The summed E-state index contributed by atoms with van der Waals surface area (Å²) in [5.41, 5.74) is 0.0299. The molecule has 0 atom stereocenters. The number of aromatic amines is 1. The van der Waals surface area contributed by atoms with Crippen molar-refractivity contribution < 1.29 is 18.3 Å². The fourth-order valence-corrected chi connectivity index (χ4v) is 1.43. The number of para-hydroxylation sites is 1. The third kappa shape index (κ3) is 3.47. The first-order valence-corrected chi connectivity index (χ1v) is 5.33. The Morgan fingerprint density at radius 3 is 2.89 bits per heavy atom. The lowest BCUT2D eigenvalue weighted by atomic mass is 10.2. The second-order valence-electron chi connectivity index (χ2n) is 3.49. The minimum Gasteiger partial charge on any atom is -0.434 e. The monoisotopic (exact) mass is 268 g/mol. The maximum Gasteiger partial charge on any atom is 0.387 e. The first kappa shape index (κ1) is 12.9. The van der Waals surface area contributed by atoms with E-state index in [-0.39, 0.29) is 17.9 Å². The van der Waals surface area contributed by atoms with Crippen LogP contribution in [0.4, 0.5) is 8.78 Å². The summed E-state index contributed by atoms with van der Waals surface area (Å²) in [4.78, 5) is 15.7. The number of ether oxygens (including phenoxy) is 1. The first-order chi connectivity index (χ1) is 9.16. The average molecular weight is 268 g/mol. The maximum absolute atomic E-state index is 12.2. The van der Waals surface area contributed by atoms with Gasteiger partial charge in [0.2, 0.25) is 0 Å². The van der Waals surface area contributed by atoms with Crippen molar-refractivity contribution in [2.75, 3.05) is 0 Å². The van der Waals surface area contributed by atoms with Crippen molar-refractivity contribution in [3.05, 3.63) is 42.0 Å². The van der Waals surface area contributed by atoms with Gasteiger partial charge >= 0.3 is 6.61 Å².